The van der Waals surface area contributed by atoms with E-state index in [9.17, 15) is 0 Å². The second kappa shape index (κ2) is 5.27. The van der Waals surface area contributed by atoms with Crippen molar-refractivity contribution in [3.8, 4) is 16.9 Å². The van der Waals surface area contributed by atoms with Gasteiger partial charge in [0.15, 0.2) is 0 Å². The van der Waals surface area contributed by atoms with Crippen LogP contribution in [-0.2, 0) is 6.42 Å². The van der Waals surface area contributed by atoms with Crippen LogP contribution in [0.3, 0.4) is 0 Å². The average molecular weight is 303 g/mol. The molecule has 0 bridgehead atoms. The van der Waals surface area contributed by atoms with Crippen LogP contribution in [0.15, 0.2) is 42.5 Å². The summed E-state index contributed by atoms with van der Waals surface area (Å²) in [5, 5.41) is 8.49. The molecule has 1 N–H and O–H groups in total. The Hall–Kier alpha value is -2.55. The van der Waals surface area contributed by atoms with Crippen LogP contribution in [-0.4, -0.2) is 16.3 Å². The Kier molecular flexibility index (Phi) is 3.22. The van der Waals surface area contributed by atoms with Gasteiger partial charge >= 0.3 is 0 Å². The smallest absolute Gasteiger partial charge is 0.133 e. The summed E-state index contributed by atoms with van der Waals surface area (Å²) in [5.74, 6) is 1.15. The van der Waals surface area contributed by atoms with E-state index in [0.29, 0.717) is 0 Å². The first-order chi connectivity index (χ1) is 11.1. The van der Waals surface area contributed by atoms with Crippen LogP contribution < -0.4 is 5.32 Å². The normalized spacial score (nSPS) is 13.0. The molecule has 23 heavy (non-hydrogen) atoms. The minimum Gasteiger partial charge on any atom is -0.369 e. The number of aryl methyl sites for hydroxylation is 2. The molecule has 3 heteroatoms. The minimum absolute atomic E-state index is 0.983. The summed E-state index contributed by atoms with van der Waals surface area (Å²) in [4.78, 5) is 0. The van der Waals surface area contributed by atoms with Crippen molar-refractivity contribution < 1.29 is 0 Å². The van der Waals surface area contributed by atoms with Crippen molar-refractivity contribution in [3.05, 3.63) is 64.7 Å². The van der Waals surface area contributed by atoms with Crippen molar-refractivity contribution in [3.63, 3.8) is 0 Å². The second-order valence-electron chi connectivity index (χ2n) is 6.35. The first-order valence-electron chi connectivity index (χ1n) is 8.14. The fourth-order valence-electron chi connectivity index (χ4n) is 3.34. The highest BCUT2D eigenvalue weighted by atomic mass is 15.3. The molecular weight excluding hydrogens is 282 g/mol. The summed E-state index contributed by atoms with van der Waals surface area (Å²) in [6.07, 6.45) is 1.03. The van der Waals surface area contributed by atoms with Crippen LogP contribution >= 0.6 is 0 Å². The topological polar surface area (TPSA) is 29.9 Å². The van der Waals surface area contributed by atoms with Crippen molar-refractivity contribution in [1.82, 2.24) is 9.78 Å². The fraction of sp³-hybridized carbons (Fsp3) is 0.250. The number of fused-ring (bicyclic) bond motifs is 1. The summed E-state index contributed by atoms with van der Waals surface area (Å²) < 4.78 is 2.09. The monoisotopic (exact) mass is 303 g/mol. The van der Waals surface area contributed by atoms with Gasteiger partial charge in [-0.15, -0.1) is 0 Å². The summed E-state index contributed by atoms with van der Waals surface area (Å²) >= 11 is 0. The van der Waals surface area contributed by atoms with Gasteiger partial charge in [-0.3, -0.25) is 0 Å². The molecule has 0 saturated heterocycles. The van der Waals surface area contributed by atoms with Crippen LogP contribution in [0.25, 0.3) is 16.9 Å². The Morgan fingerprint density at radius 1 is 1.04 bits per heavy atom. The largest absolute Gasteiger partial charge is 0.369 e. The van der Waals surface area contributed by atoms with E-state index < -0.39 is 0 Å². The van der Waals surface area contributed by atoms with Gasteiger partial charge < -0.3 is 5.32 Å². The van der Waals surface area contributed by atoms with Gasteiger partial charge in [0.25, 0.3) is 0 Å². The van der Waals surface area contributed by atoms with E-state index in [4.69, 9.17) is 5.10 Å². The quantitative estimate of drug-likeness (QED) is 0.759. The zero-order chi connectivity index (χ0) is 16.0. The Labute approximate surface area is 137 Å². The molecule has 3 nitrogen and oxygen atoms in total. The lowest BCUT2D eigenvalue weighted by Gasteiger charge is -2.11. The van der Waals surface area contributed by atoms with Crippen molar-refractivity contribution in [2.45, 2.75) is 27.2 Å². The van der Waals surface area contributed by atoms with Gasteiger partial charge in [0.1, 0.15) is 5.82 Å². The molecule has 1 aromatic heterocycles. The molecule has 0 unspecified atom stereocenters. The zero-order valence-electron chi connectivity index (χ0n) is 13.9. The number of aromatic nitrogens is 2. The van der Waals surface area contributed by atoms with Gasteiger partial charge in [0.05, 0.1) is 11.4 Å². The molecule has 116 valence electrons. The van der Waals surface area contributed by atoms with Crippen LogP contribution in [0, 0.1) is 20.8 Å². The molecule has 2 aromatic carbocycles. The number of hydrogen-bond acceptors (Lipinski definition) is 2. The van der Waals surface area contributed by atoms with E-state index in [0.717, 1.165) is 30.2 Å². The molecule has 1 aliphatic rings. The summed E-state index contributed by atoms with van der Waals surface area (Å²) in [6.45, 7) is 7.43. The highest BCUT2D eigenvalue weighted by molar-refractivity contribution is 5.73. The third kappa shape index (κ3) is 2.24. The van der Waals surface area contributed by atoms with E-state index >= 15 is 0 Å². The fourth-order valence-corrected chi connectivity index (χ4v) is 3.34. The van der Waals surface area contributed by atoms with Crippen molar-refractivity contribution in [2.75, 3.05) is 11.9 Å². The van der Waals surface area contributed by atoms with E-state index in [-0.39, 0.29) is 0 Å². The number of rotatable bonds is 2. The number of benzene rings is 2. The third-order valence-electron chi connectivity index (χ3n) is 4.75. The maximum atomic E-state index is 4.97. The lowest BCUT2D eigenvalue weighted by atomic mass is 10.0. The van der Waals surface area contributed by atoms with E-state index in [2.05, 4.69) is 73.2 Å². The van der Waals surface area contributed by atoms with E-state index in [1.165, 1.54) is 27.8 Å². The molecule has 3 aromatic rings. The molecule has 0 saturated carbocycles. The standard InChI is InChI=1S/C20H21N3/c1-13-6-4-8-16(12-13)19-17-10-11-21-20(17)23(22-19)18-9-5-7-14(2)15(18)3/h4-9,12,21H,10-11H2,1-3H3. The molecule has 1 aliphatic heterocycles. The maximum Gasteiger partial charge on any atom is 0.133 e. The number of nitrogens with zero attached hydrogens (tertiary/aromatic N) is 2. The minimum atomic E-state index is 0.983. The molecule has 0 spiro atoms. The number of hydrogen-bond donors (Lipinski definition) is 1. The SMILES string of the molecule is Cc1cccc(-c2nn(-c3cccc(C)c3C)c3c2CCN3)c1. The van der Waals surface area contributed by atoms with Gasteiger partial charge in [0, 0.05) is 17.7 Å². The van der Waals surface area contributed by atoms with Crippen molar-refractivity contribution in [2.24, 2.45) is 0 Å². The molecule has 0 aliphatic carbocycles. The Bertz CT molecular complexity index is 890. The predicted molar refractivity (Wildman–Crippen MR) is 95.4 cm³/mol. The third-order valence-corrected chi connectivity index (χ3v) is 4.75. The summed E-state index contributed by atoms with van der Waals surface area (Å²) in [5.41, 5.74) is 8.64. The molecule has 0 atom stereocenters. The van der Waals surface area contributed by atoms with Gasteiger partial charge in [-0.2, -0.15) is 5.10 Å². The molecule has 0 amide bonds. The Morgan fingerprint density at radius 2 is 1.87 bits per heavy atom. The second-order valence-corrected chi connectivity index (χ2v) is 6.35. The van der Waals surface area contributed by atoms with Gasteiger partial charge in [-0.05, 0) is 50.5 Å². The molecule has 4 rings (SSSR count). The summed E-state index contributed by atoms with van der Waals surface area (Å²) in [7, 11) is 0. The lowest BCUT2D eigenvalue weighted by Crippen LogP contribution is -2.06. The number of nitrogens with one attached hydrogen (secondary N) is 1. The lowest BCUT2D eigenvalue weighted by molar-refractivity contribution is 0.873. The molecule has 0 fully saturated rings. The molecule has 2 heterocycles. The van der Waals surface area contributed by atoms with E-state index in [1.807, 2.05) is 0 Å². The summed E-state index contributed by atoms with van der Waals surface area (Å²) in [6, 6.07) is 15.0. The highest BCUT2D eigenvalue weighted by Crippen LogP contribution is 2.35. The van der Waals surface area contributed by atoms with Crippen LogP contribution in [0.5, 0.6) is 0 Å². The van der Waals surface area contributed by atoms with Gasteiger partial charge in [-0.25, -0.2) is 4.68 Å². The average Bonchev–Trinajstić information content (AvgIpc) is 3.12. The van der Waals surface area contributed by atoms with E-state index in [1.54, 1.807) is 0 Å². The Balaban J connectivity index is 1.93. The van der Waals surface area contributed by atoms with Crippen molar-refractivity contribution in [1.29, 1.82) is 0 Å². The highest BCUT2D eigenvalue weighted by Gasteiger charge is 2.24. The van der Waals surface area contributed by atoms with Crippen molar-refractivity contribution >= 4 is 5.82 Å². The van der Waals surface area contributed by atoms with Gasteiger partial charge in [0.2, 0.25) is 0 Å². The van der Waals surface area contributed by atoms with Gasteiger partial charge in [-0.1, -0.05) is 35.9 Å². The van der Waals surface area contributed by atoms with Crippen LogP contribution in [0.1, 0.15) is 22.3 Å². The Morgan fingerprint density at radius 3 is 2.70 bits per heavy atom. The van der Waals surface area contributed by atoms with Crippen LogP contribution in [0.4, 0.5) is 5.82 Å². The first-order valence-corrected chi connectivity index (χ1v) is 8.14. The van der Waals surface area contributed by atoms with Crippen LogP contribution in [0.2, 0.25) is 0 Å². The predicted octanol–water partition coefficient (Wildman–Crippen LogP) is 4.43. The zero-order valence-corrected chi connectivity index (χ0v) is 13.9. The first kappa shape index (κ1) is 14.1. The number of anilines is 1. The molecule has 0 radical (unpaired) electrons. The molecular formula is C20H21N3. The maximum absolute atomic E-state index is 4.97.